The number of anilines is 2. The van der Waals surface area contributed by atoms with E-state index in [0.717, 1.165) is 28.9 Å². The number of nitrogens with zero attached hydrogens (tertiary/aromatic N) is 3. The van der Waals surface area contributed by atoms with Crippen molar-refractivity contribution in [2.45, 2.75) is 45.0 Å². The second-order valence-electron chi connectivity index (χ2n) is 9.48. The van der Waals surface area contributed by atoms with Gasteiger partial charge in [0.05, 0.1) is 18.4 Å². The van der Waals surface area contributed by atoms with Crippen LogP contribution in [0, 0.1) is 6.92 Å². The van der Waals surface area contributed by atoms with Gasteiger partial charge >= 0.3 is 0 Å². The van der Waals surface area contributed by atoms with E-state index in [2.05, 4.69) is 36.6 Å². The molecule has 0 fully saturated rings. The molecule has 2 heterocycles. The molecule has 1 atom stereocenters. The number of rotatable bonds is 10. The summed E-state index contributed by atoms with van der Waals surface area (Å²) in [7, 11) is 1.58. The van der Waals surface area contributed by atoms with Crippen LogP contribution in [0.4, 0.5) is 11.6 Å². The lowest BCUT2D eigenvalue weighted by molar-refractivity contribution is -0.113. The SMILES string of the molecule is CCCSc1nc2n(n1)C(c1ccccc1OCc1ccccc1C)C(C(=O)Nc1ccccc1OC)=C(C)N2. The fourth-order valence-electron chi connectivity index (χ4n) is 4.67. The Labute approximate surface area is 238 Å². The van der Waals surface area contributed by atoms with Gasteiger partial charge in [-0.05, 0) is 49.6 Å². The van der Waals surface area contributed by atoms with Crippen molar-refractivity contribution in [2.75, 3.05) is 23.5 Å². The number of thioether (sulfide) groups is 1. The number of aromatic nitrogens is 3. The van der Waals surface area contributed by atoms with Crippen molar-refractivity contribution in [3.8, 4) is 11.5 Å². The summed E-state index contributed by atoms with van der Waals surface area (Å²) in [4.78, 5) is 18.7. The van der Waals surface area contributed by atoms with Gasteiger partial charge in [0.15, 0.2) is 0 Å². The number of ether oxygens (including phenoxy) is 2. The Morgan fingerprint density at radius 2 is 1.75 bits per heavy atom. The maximum Gasteiger partial charge on any atom is 0.255 e. The summed E-state index contributed by atoms with van der Waals surface area (Å²) in [5, 5.41) is 11.9. The predicted molar refractivity (Wildman–Crippen MR) is 159 cm³/mol. The van der Waals surface area contributed by atoms with Gasteiger partial charge in [-0.15, -0.1) is 5.10 Å². The van der Waals surface area contributed by atoms with E-state index in [1.165, 1.54) is 0 Å². The molecule has 4 aromatic rings. The van der Waals surface area contributed by atoms with E-state index in [1.807, 2.05) is 67.6 Å². The molecule has 1 unspecified atom stereocenters. The smallest absolute Gasteiger partial charge is 0.255 e. The molecule has 1 amide bonds. The molecule has 1 aliphatic heterocycles. The summed E-state index contributed by atoms with van der Waals surface area (Å²) in [5.41, 5.74) is 4.87. The van der Waals surface area contributed by atoms with Crippen molar-refractivity contribution >= 4 is 29.3 Å². The Hall–Kier alpha value is -4.24. The second kappa shape index (κ2) is 12.3. The standard InChI is InChI=1S/C31H33N5O3S/c1-5-18-40-31-34-30-32-21(3)27(29(37)33-24-15-9-11-17-26(24)38-4)28(36(30)35-31)23-14-8-10-16-25(23)39-19-22-13-7-6-12-20(22)2/h6-17,28H,5,18-19H2,1-4H3,(H,33,37)(H,32,34,35). The van der Waals surface area contributed by atoms with Crippen LogP contribution in [0.25, 0.3) is 0 Å². The van der Waals surface area contributed by atoms with Gasteiger partial charge in [-0.25, -0.2) is 4.68 Å². The van der Waals surface area contributed by atoms with E-state index in [1.54, 1.807) is 23.6 Å². The van der Waals surface area contributed by atoms with Crippen LogP contribution in [-0.4, -0.2) is 33.5 Å². The average molecular weight is 556 g/mol. The monoisotopic (exact) mass is 555 g/mol. The van der Waals surface area contributed by atoms with Gasteiger partial charge in [0.1, 0.15) is 24.1 Å². The molecule has 0 saturated carbocycles. The number of hydrogen-bond acceptors (Lipinski definition) is 7. The molecule has 206 valence electrons. The number of benzene rings is 3. The summed E-state index contributed by atoms with van der Waals surface area (Å²) in [6, 6.07) is 22.7. The zero-order valence-corrected chi connectivity index (χ0v) is 23.9. The van der Waals surface area contributed by atoms with Gasteiger partial charge in [0, 0.05) is 17.0 Å². The van der Waals surface area contributed by atoms with Gasteiger partial charge in [0.25, 0.3) is 5.91 Å². The molecule has 5 rings (SSSR count). The van der Waals surface area contributed by atoms with Crippen LogP contribution < -0.4 is 20.1 Å². The van der Waals surface area contributed by atoms with Crippen molar-refractivity contribution < 1.29 is 14.3 Å². The van der Waals surface area contributed by atoms with Crippen molar-refractivity contribution in [3.05, 3.63) is 101 Å². The Balaban J connectivity index is 1.56. The van der Waals surface area contributed by atoms with E-state index >= 15 is 0 Å². The fourth-order valence-corrected chi connectivity index (χ4v) is 5.35. The fraction of sp³-hybridized carbons (Fsp3) is 0.258. The molecule has 0 bridgehead atoms. The van der Waals surface area contributed by atoms with Gasteiger partial charge in [-0.3, -0.25) is 4.79 Å². The molecule has 8 nitrogen and oxygen atoms in total. The lowest BCUT2D eigenvalue weighted by Crippen LogP contribution is -2.32. The largest absolute Gasteiger partial charge is 0.495 e. The first-order valence-electron chi connectivity index (χ1n) is 13.3. The number of fused-ring (bicyclic) bond motifs is 1. The highest BCUT2D eigenvalue weighted by atomic mass is 32.2. The van der Waals surface area contributed by atoms with Crippen molar-refractivity contribution in [2.24, 2.45) is 0 Å². The van der Waals surface area contributed by atoms with Crippen molar-refractivity contribution in [3.63, 3.8) is 0 Å². The minimum Gasteiger partial charge on any atom is -0.495 e. The molecule has 2 N–H and O–H groups in total. The number of aryl methyl sites for hydroxylation is 1. The van der Waals surface area contributed by atoms with Crippen LogP contribution >= 0.6 is 11.8 Å². The number of para-hydroxylation sites is 3. The third kappa shape index (κ3) is 5.70. The molecular formula is C31H33N5O3S. The van der Waals surface area contributed by atoms with Crippen LogP contribution in [0.15, 0.2) is 89.2 Å². The van der Waals surface area contributed by atoms with E-state index in [9.17, 15) is 4.79 Å². The second-order valence-corrected chi connectivity index (χ2v) is 10.5. The van der Waals surface area contributed by atoms with E-state index in [4.69, 9.17) is 19.6 Å². The highest BCUT2D eigenvalue weighted by molar-refractivity contribution is 7.99. The molecule has 0 spiro atoms. The first kappa shape index (κ1) is 27.3. The summed E-state index contributed by atoms with van der Waals surface area (Å²) in [5.74, 6) is 2.48. The molecule has 3 aromatic carbocycles. The lowest BCUT2D eigenvalue weighted by Gasteiger charge is -2.30. The van der Waals surface area contributed by atoms with Crippen LogP contribution in [-0.2, 0) is 11.4 Å². The van der Waals surface area contributed by atoms with E-state index < -0.39 is 6.04 Å². The number of amides is 1. The Bertz CT molecular complexity index is 1550. The zero-order chi connectivity index (χ0) is 28.1. The normalized spacial score (nSPS) is 14.3. The number of nitrogens with one attached hydrogen (secondary N) is 2. The average Bonchev–Trinajstić information content (AvgIpc) is 3.37. The number of methoxy groups -OCH3 is 1. The van der Waals surface area contributed by atoms with Crippen LogP contribution in [0.1, 0.15) is 43.0 Å². The Morgan fingerprint density at radius 1 is 1.02 bits per heavy atom. The molecule has 1 aromatic heterocycles. The number of carbonyl (C=O) groups excluding carboxylic acids is 1. The zero-order valence-electron chi connectivity index (χ0n) is 23.1. The summed E-state index contributed by atoms with van der Waals surface area (Å²) < 4.78 is 13.7. The number of hydrogen-bond donors (Lipinski definition) is 2. The Morgan fingerprint density at radius 3 is 2.52 bits per heavy atom. The minimum absolute atomic E-state index is 0.267. The first-order valence-corrected chi connectivity index (χ1v) is 14.3. The molecule has 40 heavy (non-hydrogen) atoms. The minimum atomic E-state index is -0.567. The summed E-state index contributed by atoms with van der Waals surface area (Å²) in [6.45, 7) is 6.49. The highest BCUT2D eigenvalue weighted by Gasteiger charge is 2.36. The molecule has 0 radical (unpaired) electrons. The van der Waals surface area contributed by atoms with Crippen LogP contribution in [0.5, 0.6) is 11.5 Å². The quantitative estimate of drug-likeness (QED) is 0.213. The first-order chi connectivity index (χ1) is 19.5. The maximum atomic E-state index is 14.0. The van der Waals surface area contributed by atoms with Gasteiger partial charge in [0.2, 0.25) is 11.1 Å². The van der Waals surface area contributed by atoms with Crippen molar-refractivity contribution in [1.29, 1.82) is 0 Å². The molecule has 1 aliphatic rings. The third-order valence-corrected chi connectivity index (χ3v) is 7.77. The molecule has 0 saturated heterocycles. The number of carbonyl (C=O) groups is 1. The summed E-state index contributed by atoms with van der Waals surface area (Å²) >= 11 is 1.59. The summed E-state index contributed by atoms with van der Waals surface area (Å²) in [6.07, 6.45) is 1.00. The predicted octanol–water partition coefficient (Wildman–Crippen LogP) is 6.60. The maximum absolute atomic E-state index is 14.0. The molecular weight excluding hydrogens is 522 g/mol. The van der Waals surface area contributed by atoms with Crippen LogP contribution in [0.2, 0.25) is 0 Å². The highest BCUT2D eigenvalue weighted by Crippen LogP contribution is 2.41. The Kier molecular flexibility index (Phi) is 8.40. The molecule has 0 aliphatic carbocycles. The van der Waals surface area contributed by atoms with Gasteiger partial charge < -0.3 is 20.1 Å². The molecule has 9 heteroatoms. The third-order valence-electron chi connectivity index (χ3n) is 6.73. The topological polar surface area (TPSA) is 90.3 Å². The van der Waals surface area contributed by atoms with Crippen molar-refractivity contribution in [1.82, 2.24) is 14.8 Å². The lowest BCUT2D eigenvalue weighted by atomic mass is 9.94. The number of allylic oxidation sites excluding steroid dienone is 1. The van der Waals surface area contributed by atoms with E-state index in [-0.39, 0.29) is 5.91 Å². The van der Waals surface area contributed by atoms with Gasteiger partial charge in [-0.2, -0.15) is 4.98 Å². The van der Waals surface area contributed by atoms with Gasteiger partial charge in [-0.1, -0.05) is 73.3 Å². The van der Waals surface area contributed by atoms with E-state index in [0.29, 0.717) is 46.2 Å². The van der Waals surface area contributed by atoms with Crippen LogP contribution in [0.3, 0.4) is 0 Å².